The number of aromatic nitrogens is 1. The fraction of sp³-hybridized carbons (Fsp3) is 0.0714. The van der Waals surface area contributed by atoms with Crippen LogP contribution in [0.3, 0.4) is 0 Å². The van der Waals surface area contributed by atoms with Crippen molar-refractivity contribution in [3.63, 3.8) is 0 Å². The maximum Gasteiger partial charge on any atom is 0.354 e. The van der Waals surface area contributed by atoms with Crippen molar-refractivity contribution in [1.82, 2.24) is 4.98 Å². The molecule has 0 aliphatic heterocycles. The van der Waals surface area contributed by atoms with Crippen LogP contribution in [0.4, 0.5) is 5.69 Å². The monoisotopic (exact) mass is 288 g/mol. The standard InChI is InChI=1S/C14H12N2O5/c1-21-9-3-4-10(12(17)6-9)13(18)16-8-2-5-11(14(19)20)15-7-8/h2-7,17H,1H3,(H,16,18)(H,19,20). The average molecular weight is 288 g/mol. The predicted molar refractivity (Wildman–Crippen MR) is 73.8 cm³/mol. The number of aromatic hydroxyl groups is 1. The molecule has 0 unspecified atom stereocenters. The smallest absolute Gasteiger partial charge is 0.354 e. The Morgan fingerprint density at radius 2 is 2.00 bits per heavy atom. The number of anilines is 1. The molecule has 2 rings (SSSR count). The number of nitrogens with zero attached hydrogens (tertiary/aromatic N) is 1. The number of carboxylic acid groups (broad SMARTS) is 1. The minimum absolute atomic E-state index is 0.0677. The first-order valence-electron chi connectivity index (χ1n) is 5.89. The molecule has 0 radical (unpaired) electrons. The molecule has 21 heavy (non-hydrogen) atoms. The van der Waals surface area contributed by atoms with E-state index in [1.807, 2.05) is 0 Å². The highest BCUT2D eigenvalue weighted by Crippen LogP contribution is 2.24. The number of rotatable bonds is 4. The largest absolute Gasteiger partial charge is 0.507 e. The van der Waals surface area contributed by atoms with Gasteiger partial charge in [0.1, 0.15) is 17.2 Å². The summed E-state index contributed by atoms with van der Waals surface area (Å²) in [7, 11) is 1.45. The van der Waals surface area contributed by atoms with Gasteiger partial charge in [0.25, 0.3) is 5.91 Å². The molecule has 0 bridgehead atoms. The van der Waals surface area contributed by atoms with E-state index in [1.54, 1.807) is 6.07 Å². The lowest BCUT2D eigenvalue weighted by atomic mass is 10.1. The molecule has 0 fully saturated rings. The van der Waals surface area contributed by atoms with Crippen molar-refractivity contribution < 1.29 is 24.5 Å². The quantitative estimate of drug-likeness (QED) is 0.790. The summed E-state index contributed by atoms with van der Waals surface area (Å²) in [4.78, 5) is 26.3. The molecule has 1 aromatic heterocycles. The summed E-state index contributed by atoms with van der Waals surface area (Å²) in [6.45, 7) is 0. The summed E-state index contributed by atoms with van der Waals surface area (Å²) in [6.07, 6.45) is 1.22. The topological polar surface area (TPSA) is 109 Å². The number of phenolic OH excluding ortho intramolecular Hbond substituents is 1. The van der Waals surface area contributed by atoms with Gasteiger partial charge in [-0.1, -0.05) is 0 Å². The molecule has 3 N–H and O–H groups in total. The fourth-order valence-electron chi connectivity index (χ4n) is 1.62. The number of amides is 1. The molecule has 7 nitrogen and oxygen atoms in total. The van der Waals surface area contributed by atoms with Gasteiger partial charge in [0.2, 0.25) is 0 Å². The normalized spacial score (nSPS) is 9.95. The lowest BCUT2D eigenvalue weighted by molar-refractivity contribution is 0.0690. The second kappa shape index (κ2) is 5.91. The second-order valence-electron chi connectivity index (χ2n) is 4.07. The number of pyridine rings is 1. The van der Waals surface area contributed by atoms with E-state index in [2.05, 4.69) is 10.3 Å². The third kappa shape index (κ3) is 3.27. The van der Waals surface area contributed by atoms with Gasteiger partial charge < -0.3 is 20.3 Å². The first kappa shape index (κ1) is 14.3. The molecule has 108 valence electrons. The molecular formula is C14H12N2O5. The van der Waals surface area contributed by atoms with Crippen LogP contribution in [0.25, 0.3) is 0 Å². The summed E-state index contributed by atoms with van der Waals surface area (Å²) >= 11 is 0. The number of phenols is 1. The van der Waals surface area contributed by atoms with Crippen LogP contribution in [-0.4, -0.2) is 34.2 Å². The van der Waals surface area contributed by atoms with Gasteiger partial charge in [-0.3, -0.25) is 4.79 Å². The van der Waals surface area contributed by atoms with Gasteiger partial charge in [-0.05, 0) is 24.3 Å². The van der Waals surface area contributed by atoms with Gasteiger partial charge in [-0.15, -0.1) is 0 Å². The van der Waals surface area contributed by atoms with E-state index in [1.165, 1.54) is 37.6 Å². The number of carboxylic acids is 1. The van der Waals surface area contributed by atoms with Crippen molar-refractivity contribution in [3.8, 4) is 11.5 Å². The number of hydrogen-bond acceptors (Lipinski definition) is 5. The lowest BCUT2D eigenvalue weighted by Gasteiger charge is -2.08. The molecule has 2 aromatic rings. The van der Waals surface area contributed by atoms with Crippen molar-refractivity contribution in [2.45, 2.75) is 0 Å². The summed E-state index contributed by atoms with van der Waals surface area (Å²) < 4.78 is 4.93. The number of benzene rings is 1. The zero-order valence-corrected chi connectivity index (χ0v) is 11.0. The average Bonchev–Trinajstić information content (AvgIpc) is 2.47. The number of hydrogen-bond donors (Lipinski definition) is 3. The van der Waals surface area contributed by atoms with Crippen LogP contribution < -0.4 is 10.1 Å². The summed E-state index contributed by atoms with van der Waals surface area (Å²) in [5.41, 5.74) is 0.263. The highest BCUT2D eigenvalue weighted by Gasteiger charge is 2.13. The summed E-state index contributed by atoms with van der Waals surface area (Å²) in [5.74, 6) is -1.49. The van der Waals surface area contributed by atoms with Gasteiger partial charge >= 0.3 is 5.97 Å². The second-order valence-corrected chi connectivity index (χ2v) is 4.07. The van der Waals surface area contributed by atoms with Gasteiger partial charge in [0.15, 0.2) is 0 Å². The van der Waals surface area contributed by atoms with Gasteiger partial charge in [-0.2, -0.15) is 0 Å². The molecular weight excluding hydrogens is 276 g/mol. The Bertz CT molecular complexity index is 682. The molecule has 1 amide bonds. The molecule has 1 aromatic carbocycles. The maximum atomic E-state index is 12.0. The number of aromatic carboxylic acids is 1. The minimum Gasteiger partial charge on any atom is -0.507 e. The van der Waals surface area contributed by atoms with E-state index in [-0.39, 0.29) is 17.0 Å². The van der Waals surface area contributed by atoms with E-state index in [0.717, 1.165) is 0 Å². The minimum atomic E-state index is -1.15. The van der Waals surface area contributed by atoms with E-state index in [9.17, 15) is 14.7 Å². The van der Waals surface area contributed by atoms with E-state index in [0.29, 0.717) is 11.4 Å². The van der Waals surface area contributed by atoms with E-state index in [4.69, 9.17) is 9.84 Å². The lowest BCUT2D eigenvalue weighted by Crippen LogP contribution is -2.12. The molecule has 0 atom stereocenters. The zero-order chi connectivity index (χ0) is 15.4. The van der Waals surface area contributed by atoms with Crippen molar-refractivity contribution in [1.29, 1.82) is 0 Å². The first-order valence-corrected chi connectivity index (χ1v) is 5.89. The predicted octanol–water partition coefficient (Wildman–Crippen LogP) is 1.75. The Hall–Kier alpha value is -3.09. The highest BCUT2D eigenvalue weighted by atomic mass is 16.5. The molecule has 0 aliphatic rings. The van der Waals surface area contributed by atoms with Crippen LogP contribution in [0.1, 0.15) is 20.8 Å². The Labute approximate surface area is 119 Å². The van der Waals surface area contributed by atoms with Crippen molar-refractivity contribution in [2.75, 3.05) is 12.4 Å². The van der Waals surface area contributed by atoms with Crippen LogP contribution >= 0.6 is 0 Å². The third-order valence-electron chi connectivity index (χ3n) is 2.69. The Morgan fingerprint density at radius 1 is 1.24 bits per heavy atom. The molecule has 0 aliphatic carbocycles. The Morgan fingerprint density at radius 3 is 2.52 bits per heavy atom. The van der Waals surface area contributed by atoms with Crippen LogP contribution in [0, 0.1) is 0 Å². The Kier molecular flexibility index (Phi) is 4.03. The number of carbonyl (C=O) groups excluding carboxylic acids is 1. The van der Waals surface area contributed by atoms with Crippen LogP contribution in [0.2, 0.25) is 0 Å². The van der Waals surface area contributed by atoms with Crippen molar-refractivity contribution in [2.24, 2.45) is 0 Å². The molecule has 0 saturated carbocycles. The molecule has 1 heterocycles. The van der Waals surface area contributed by atoms with Crippen LogP contribution in [0.15, 0.2) is 36.5 Å². The van der Waals surface area contributed by atoms with Crippen LogP contribution in [-0.2, 0) is 0 Å². The Balaban J connectivity index is 2.16. The summed E-state index contributed by atoms with van der Waals surface area (Å²) in [6, 6.07) is 6.96. The SMILES string of the molecule is COc1ccc(C(=O)Nc2ccc(C(=O)O)nc2)c(O)c1. The number of nitrogens with one attached hydrogen (secondary N) is 1. The van der Waals surface area contributed by atoms with Crippen LogP contribution in [0.5, 0.6) is 11.5 Å². The zero-order valence-electron chi connectivity index (χ0n) is 11.0. The maximum absolute atomic E-state index is 12.0. The number of carbonyl (C=O) groups is 2. The van der Waals surface area contributed by atoms with E-state index >= 15 is 0 Å². The third-order valence-corrected chi connectivity index (χ3v) is 2.69. The molecule has 0 spiro atoms. The highest BCUT2D eigenvalue weighted by molar-refractivity contribution is 6.06. The summed E-state index contributed by atoms with van der Waals surface area (Å²) in [5, 5.41) is 21.0. The van der Waals surface area contributed by atoms with Gasteiger partial charge in [0, 0.05) is 6.07 Å². The van der Waals surface area contributed by atoms with Crippen molar-refractivity contribution >= 4 is 17.6 Å². The molecule has 7 heteroatoms. The van der Waals surface area contributed by atoms with E-state index < -0.39 is 11.9 Å². The molecule has 0 saturated heterocycles. The first-order chi connectivity index (χ1) is 10.0. The number of methoxy groups -OCH3 is 1. The van der Waals surface area contributed by atoms with Gasteiger partial charge in [-0.25, -0.2) is 9.78 Å². The van der Waals surface area contributed by atoms with Gasteiger partial charge in [0.05, 0.1) is 24.6 Å². The number of ether oxygens (including phenoxy) is 1. The van der Waals surface area contributed by atoms with Crippen molar-refractivity contribution in [3.05, 3.63) is 47.8 Å². The fourth-order valence-corrected chi connectivity index (χ4v) is 1.62.